The van der Waals surface area contributed by atoms with Gasteiger partial charge in [0.1, 0.15) is 13.2 Å². The summed E-state index contributed by atoms with van der Waals surface area (Å²) in [4.78, 5) is 9.08. The summed E-state index contributed by atoms with van der Waals surface area (Å²) in [6, 6.07) is 18.3. The summed E-state index contributed by atoms with van der Waals surface area (Å²) in [7, 11) is 0. The Kier molecular flexibility index (Phi) is 36.7. The van der Waals surface area contributed by atoms with Crippen molar-refractivity contribution in [2.45, 2.75) is 6.92 Å². The summed E-state index contributed by atoms with van der Waals surface area (Å²) >= 11 is 0. The SMILES string of the molecule is CC#N.[I-].[Na+].[O-2].[O-2].[O-]c1ccccc1C=Nc1cc2c(cc1N=Cc1ccccc1[O-])OCCOCCOCCOCCOCCO2.[OH3+].[U]. The fourth-order valence-electron chi connectivity index (χ4n) is 3.61. The van der Waals surface area contributed by atoms with E-state index in [1.54, 1.807) is 54.6 Å². The number of benzene rings is 3. The van der Waals surface area contributed by atoms with Gasteiger partial charge in [0, 0.05) is 62.6 Å². The number of nitrogens with zero attached hydrogens (tertiary/aromatic N) is 3. The molecule has 0 aliphatic carbocycles. The third-order valence-corrected chi connectivity index (χ3v) is 5.65. The van der Waals surface area contributed by atoms with Crippen molar-refractivity contribution in [2.75, 3.05) is 66.1 Å². The molecule has 1 aliphatic rings. The Morgan fingerprint density at radius 3 is 1.22 bits per heavy atom. The number of para-hydroxylation sites is 2. The largest absolute Gasteiger partial charge is 2.00 e. The van der Waals surface area contributed by atoms with Gasteiger partial charge < -0.3 is 79.0 Å². The first kappa shape index (κ1) is 54.0. The van der Waals surface area contributed by atoms with Crippen molar-refractivity contribution >= 4 is 23.8 Å². The number of aliphatic imine (C=N–C) groups is 2. The molecule has 3 N–H and O–H groups in total. The van der Waals surface area contributed by atoms with E-state index in [9.17, 15) is 10.2 Å². The van der Waals surface area contributed by atoms with Crippen LogP contribution in [0.5, 0.6) is 23.0 Å². The van der Waals surface area contributed by atoms with Gasteiger partial charge in [-0.15, -0.1) is 11.5 Å². The van der Waals surface area contributed by atoms with Crippen LogP contribution in [0.4, 0.5) is 11.4 Å². The van der Waals surface area contributed by atoms with Crippen LogP contribution >= 0.6 is 0 Å². The maximum atomic E-state index is 12.2. The van der Waals surface area contributed by atoms with E-state index in [0.29, 0.717) is 86.9 Å². The number of nitriles is 1. The van der Waals surface area contributed by atoms with Crippen LogP contribution < -0.4 is 73.2 Å². The Hall–Kier alpha value is -1.81. The maximum absolute atomic E-state index is 12.2. The average Bonchev–Trinajstić information content (AvgIpc) is 3.01. The van der Waals surface area contributed by atoms with E-state index < -0.39 is 0 Å². The van der Waals surface area contributed by atoms with E-state index in [4.69, 9.17) is 33.7 Å². The summed E-state index contributed by atoms with van der Waals surface area (Å²) in [5.41, 5.74) is 1.70. The summed E-state index contributed by atoms with van der Waals surface area (Å²) in [6.07, 6.45) is 2.96. The van der Waals surface area contributed by atoms with Gasteiger partial charge in [-0.1, -0.05) is 48.5 Å². The number of rotatable bonds is 4. The molecule has 0 unspecified atom stereocenters. The Bertz CT molecular complexity index is 1290. The Morgan fingerprint density at radius 1 is 0.633 bits per heavy atom. The molecular weight excluding hydrogens is 990 g/mol. The van der Waals surface area contributed by atoms with Crippen LogP contribution in [0.2, 0.25) is 0 Å². The molecule has 0 bridgehead atoms. The summed E-state index contributed by atoms with van der Waals surface area (Å²) in [5.74, 6) is 0.545. The van der Waals surface area contributed by atoms with Crippen molar-refractivity contribution in [1.82, 2.24) is 0 Å². The van der Waals surface area contributed by atoms with Crippen LogP contribution in [0.25, 0.3) is 0 Å². The van der Waals surface area contributed by atoms with Crippen molar-refractivity contribution in [3.8, 4) is 29.1 Å². The predicted octanol–water partition coefficient (Wildman–Crippen LogP) is -3.45. The molecule has 264 valence electrons. The van der Waals surface area contributed by atoms with Crippen LogP contribution in [0.15, 0.2) is 70.6 Å². The molecule has 0 saturated carbocycles. The molecule has 49 heavy (non-hydrogen) atoms. The number of halogens is 1. The van der Waals surface area contributed by atoms with Crippen molar-refractivity contribution in [3.63, 3.8) is 0 Å². The summed E-state index contributed by atoms with van der Waals surface area (Å²) < 4.78 is 34.1. The second-order valence-electron chi connectivity index (χ2n) is 8.75. The van der Waals surface area contributed by atoms with Gasteiger partial charge in [-0.3, -0.25) is 9.98 Å². The Labute approximate surface area is 349 Å². The molecule has 0 radical (unpaired) electrons. The molecule has 4 rings (SSSR count). The standard InChI is InChI=1S/C30H34N2O8.C2H3N.HI.Na.H2O.2O.U/c33-27-7-3-1-5-23(27)21-31-25-19-29-30(20-26(25)32-22-24-6-2-4-8-28(24)34)40-18-16-38-14-12-36-10-9-35-11-13-37-15-17-39-29;1-2-3;;;;;;/h1-8,19-22,33-34H,9-18H2;1H3;1H;;1H2;;;/q;;;+1;;2*-2;/p-2. The first-order valence-corrected chi connectivity index (χ1v) is 13.8. The van der Waals surface area contributed by atoms with Crippen LogP contribution in [-0.4, -0.2) is 78.5 Å². The maximum Gasteiger partial charge on any atom is 1.00 e. The fraction of sp³-hybridized carbons (Fsp3) is 0.344. The van der Waals surface area contributed by atoms with Gasteiger partial charge in [-0.25, -0.2) is 0 Å². The minimum atomic E-state index is -0.154. The number of fused-ring (bicyclic) bond motifs is 1. The second kappa shape index (κ2) is 33.3. The molecule has 17 heteroatoms. The molecule has 3 aromatic rings. The third kappa shape index (κ3) is 21.2. The van der Waals surface area contributed by atoms with Crippen molar-refractivity contribution in [3.05, 3.63) is 71.8 Å². The van der Waals surface area contributed by atoms with Gasteiger partial charge in [-0.05, 0) is 11.1 Å². The molecule has 14 nitrogen and oxygen atoms in total. The van der Waals surface area contributed by atoms with E-state index in [1.165, 1.54) is 31.5 Å². The fourth-order valence-corrected chi connectivity index (χ4v) is 3.61. The first-order valence-electron chi connectivity index (χ1n) is 13.8. The normalized spacial score (nSPS) is 13.6. The smallest absolute Gasteiger partial charge is 1.00 e. The van der Waals surface area contributed by atoms with Gasteiger partial charge in [0.05, 0.1) is 70.3 Å². The summed E-state index contributed by atoms with van der Waals surface area (Å²) in [6.45, 7) is 5.35. The quantitative estimate of drug-likeness (QED) is 0.109. The zero-order valence-corrected chi connectivity index (χ0v) is 35.7. The van der Waals surface area contributed by atoms with Crippen LogP contribution in [-0.2, 0) is 35.4 Å². The van der Waals surface area contributed by atoms with E-state index in [1.807, 2.05) is 0 Å². The molecule has 1 heterocycles. The molecule has 0 saturated heterocycles. The predicted molar refractivity (Wildman–Crippen MR) is 165 cm³/mol. The zero-order valence-electron chi connectivity index (χ0n) is 27.4. The molecule has 1 aliphatic heterocycles. The molecule has 0 aromatic heterocycles. The minimum Gasteiger partial charge on any atom is -2.00 e. The van der Waals surface area contributed by atoms with Crippen LogP contribution in [0.3, 0.4) is 0 Å². The molecule has 0 amide bonds. The summed E-state index contributed by atoms with van der Waals surface area (Å²) in [5, 5.41) is 31.8. The van der Waals surface area contributed by atoms with Crippen LogP contribution in [0, 0.1) is 42.4 Å². The van der Waals surface area contributed by atoms with Gasteiger partial charge in [0.25, 0.3) is 0 Å². The molecular formula is C32H38IN3NaO11U-5. The number of hydrogen-bond acceptors (Lipinski definition) is 11. The average molecular weight is 1030 g/mol. The number of hydrogen-bond donors (Lipinski definition) is 0. The molecule has 0 spiro atoms. The van der Waals surface area contributed by atoms with Crippen molar-refractivity contribution < 1.29 is 140 Å². The van der Waals surface area contributed by atoms with E-state index in [0.717, 1.165) is 0 Å². The van der Waals surface area contributed by atoms with E-state index in [-0.39, 0.29) is 126 Å². The Morgan fingerprint density at radius 2 is 0.918 bits per heavy atom. The van der Waals surface area contributed by atoms with Gasteiger partial charge in [0.2, 0.25) is 0 Å². The Balaban J connectivity index is -0.00000108. The van der Waals surface area contributed by atoms with E-state index in [2.05, 4.69) is 9.98 Å². The van der Waals surface area contributed by atoms with Gasteiger partial charge >= 0.3 is 29.6 Å². The van der Waals surface area contributed by atoms with E-state index >= 15 is 0 Å². The topological polar surface area (TPSA) is 240 Å². The van der Waals surface area contributed by atoms with Crippen molar-refractivity contribution in [1.29, 1.82) is 5.26 Å². The molecule has 3 aromatic carbocycles. The van der Waals surface area contributed by atoms with Crippen LogP contribution in [0.1, 0.15) is 18.1 Å². The second-order valence-corrected chi connectivity index (χ2v) is 8.75. The first-order chi connectivity index (χ1) is 21.1. The van der Waals surface area contributed by atoms with Gasteiger partial charge in [-0.2, -0.15) is 5.26 Å². The van der Waals surface area contributed by atoms with Crippen molar-refractivity contribution in [2.24, 2.45) is 9.98 Å². The molecule has 0 fully saturated rings. The van der Waals surface area contributed by atoms with Gasteiger partial charge in [0.15, 0.2) is 11.5 Å². The minimum absolute atomic E-state index is 0. The monoisotopic (exact) mass is 1030 g/mol. The zero-order chi connectivity index (χ0) is 30.5. The third-order valence-electron chi connectivity index (χ3n) is 5.65. The number of ether oxygens (including phenoxy) is 6. The molecule has 0 atom stereocenters.